The third-order valence-corrected chi connectivity index (χ3v) is 5.68. The molecule has 1 N–H and O–H groups in total. The monoisotopic (exact) mass is 379 g/mol. The molecule has 1 atom stereocenters. The Hall–Kier alpha value is -1.51. The molecule has 1 aromatic rings. The molecule has 1 amide bonds. The van der Waals surface area contributed by atoms with Crippen molar-refractivity contribution in [1.29, 1.82) is 0 Å². The average molecular weight is 380 g/mol. The van der Waals surface area contributed by atoms with Crippen LogP contribution in [0.1, 0.15) is 44.3 Å². The molecule has 27 heavy (non-hydrogen) atoms. The second-order valence-electron chi connectivity index (χ2n) is 7.58. The van der Waals surface area contributed by atoms with Crippen molar-refractivity contribution in [1.82, 2.24) is 25.3 Å². The molecule has 3 rings (SSSR count). The molecule has 0 spiro atoms. The van der Waals surface area contributed by atoms with Crippen LogP contribution in [0.3, 0.4) is 0 Å². The van der Waals surface area contributed by atoms with Gasteiger partial charge >= 0.3 is 0 Å². The molecule has 2 saturated heterocycles. The van der Waals surface area contributed by atoms with Gasteiger partial charge in [0.15, 0.2) is 5.82 Å². The first kappa shape index (κ1) is 20.2. The summed E-state index contributed by atoms with van der Waals surface area (Å²) in [4.78, 5) is 21.7. The smallest absolute Gasteiger partial charge is 0.226 e. The Morgan fingerprint density at radius 1 is 1.30 bits per heavy atom. The number of likely N-dealkylation sites (tertiary alicyclic amines) is 2. The fraction of sp³-hybridized carbons (Fsp3) is 0.842. The van der Waals surface area contributed by atoms with Crippen molar-refractivity contribution in [2.24, 2.45) is 5.92 Å². The SMILES string of the molecule is CCc1nc(CN2CCC(N3CCC[C@H](C(=O)NCCOC)C3)CC2)no1. The van der Waals surface area contributed by atoms with Crippen molar-refractivity contribution in [2.75, 3.05) is 46.4 Å². The van der Waals surface area contributed by atoms with E-state index in [0.29, 0.717) is 25.1 Å². The van der Waals surface area contributed by atoms with Crippen LogP contribution in [0, 0.1) is 5.92 Å². The zero-order chi connectivity index (χ0) is 19.1. The van der Waals surface area contributed by atoms with Crippen LogP contribution in [0.25, 0.3) is 0 Å². The van der Waals surface area contributed by atoms with E-state index < -0.39 is 0 Å². The average Bonchev–Trinajstić information content (AvgIpc) is 3.16. The lowest BCUT2D eigenvalue weighted by Gasteiger charge is -2.41. The van der Waals surface area contributed by atoms with Crippen LogP contribution in [-0.2, 0) is 22.5 Å². The highest BCUT2D eigenvalue weighted by Gasteiger charge is 2.31. The lowest BCUT2D eigenvalue weighted by molar-refractivity contribution is -0.127. The van der Waals surface area contributed by atoms with E-state index in [4.69, 9.17) is 9.26 Å². The van der Waals surface area contributed by atoms with Gasteiger partial charge in [0, 0.05) is 45.8 Å². The third kappa shape index (κ3) is 5.73. The van der Waals surface area contributed by atoms with E-state index in [2.05, 4.69) is 25.3 Å². The lowest BCUT2D eigenvalue weighted by Crippen LogP contribution is -2.50. The Kier molecular flexibility index (Phi) is 7.60. The van der Waals surface area contributed by atoms with Gasteiger partial charge in [0.2, 0.25) is 11.8 Å². The standard InChI is InChI=1S/C19H33N5O3/c1-3-18-21-17(22-27-18)14-23-10-6-16(7-11-23)24-9-4-5-15(13-24)19(25)20-8-12-26-2/h15-16H,3-14H2,1-2H3,(H,20,25)/t15-/m0/s1. The number of amides is 1. The van der Waals surface area contributed by atoms with E-state index in [1.165, 1.54) is 0 Å². The van der Waals surface area contributed by atoms with Crippen LogP contribution in [0.2, 0.25) is 0 Å². The molecule has 8 heteroatoms. The summed E-state index contributed by atoms with van der Waals surface area (Å²) in [5.74, 6) is 1.79. The van der Waals surface area contributed by atoms with Gasteiger partial charge in [-0.05, 0) is 32.2 Å². The number of nitrogens with one attached hydrogen (secondary N) is 1. The number of rotatable bonds is 8. The molecule has 2 aliphatic heterocycles. The molecule has 0 bridgehead atoms. The van der Waals surface area contributed by atoms with Gasteiger partial charge in [0.05, 0.1) is 19.1 Å². The van der Waals surface area contributed by atoms with Crippen molar-refractivity contribution in [3.8, 4) is 0 Å². The zero-order valence-electron chi connectivity index (χ0n) is 16.7. The number of ether oxygens (including phenoxy) is 1. The van der Waals surface area contributed by atoms with Crippen LogP contribution >= 0.6 is 0 Å². The first-order valence-electron chi connectivity index (χ1n) is 10.2. The van der Waals surface area contributed by atoms with E-state index in [9.17, 15) is 4.79 Å². The number of hydrogen-bond acceptors (Lipinski definition) is 7. The first-order valence-corrected chi connectivity index (χ1v) is 10.2. The molecule has 1 aromatic heterocycles. The molecule has 152 valence electrons. The second kappa shape index (κ2) is 10.1. The highest BCUT2D eigenvalue weighted by Crippen LogP contribution is 2.24. The number of aryl methyl sites for hydroxylation is 1. The largest absolute Gasteiger partial charge is 0.383 e. The summed E-state index contributed by atoms with van der Waals surface area (Å²) < 4.78 is 10.2. The van der Waals surface area contributed by atoms with Gasteiger partial charge in [-0.25, -0.2) is 0 Å². The summed E-state index contributed by atoms with van der Waals surface area (Å²) in [7, 11) is 1.66. The maximum absolute atomic E-state index is 12.4. The summed E-state index contributed by atoms with van der Waals surface area (Å²) in [6.07, 6.45) is 5.15. The Balaban J connectivity index is 1.42. The van der Waals surface area contributed by atoms with Crippen LogP contribution in [0.4, 0.5) is 0 Å². The predicted octanol–water partition coefficient (Wildman–Crippen LogP) is 1.07. The molecular formula is C19H33N5O3. The van der Waals surface area contributed by atoms with Crippen molar-refractivity contribution in [3.05, 3.63) is 11.7 Å². The fourth-order valence-electron chi connectivity index (χ4n) is 4.11. The van der Waals surface area contributed by atoms with Crippen LogP contribution in [-0.4, -0.2) is 78.3 Å². The summed E-state index contributed by atoms with van der Waals surface area (Å²) in [6.45, 7) is 8.03. The van der Waals surface area contributed by atoms with Gasteiger partial charge in [-0.15, -0.1) is 0 Å². The number of aromatic nitrogens is 2. The van der Waals surface area contributed by atoms with Crippen LogP contribution in [0.5, 0.6) is 0 Å². The number of hydrogen-bond donors (Lipinski definition) is 1. The Bertz CT molecular complexity index is 586. The van der Waals surface area contributed by atoms with Gasteiger partial charge < -0.3 is 14.6 Å². The maximum atomic E-state index is 12.4. The van der Waals surface area contributed by atoms with Gasteiger partial charge in [0.25, 0.3) is 0 Å². The summed E-state index contributed by atoms with van der Waals surface area (Å²) in [5, 5.41) is 7.05. The maximum Gasteiger partial charge on any atom is 0.226 e. The van der Waals surface area contributed by atoms with Gasteiger partial charge in [0.1, 0.15) is 0 Å². The van der Waals surface area contributed by atoms with E-state index >= 15 is 0 Å². The minimum atomic E-state index is 0.112. The number of piperidine rings is 2. The van der Waals surface area contributed by atoms with Gasteiger partial charge in [-0.2, -0.15) is 4.98 Å². The number of methoxy groups -OCH3 is 1. The molecule has 0 aromatic carbocycles. The lowest BCUT2D eigenvalue weighted by atomic mass is 9.93. The van der Waals surface area contributed by atoms with E-state index in [1.54, 1.807) is 7.11 Å². The van der Waals surface area contributed by atoms with Gasteiger partial charge in [-0.1, -0.05) is 12.1 Å². The minimum absolute atomic E-state index is 0.112. The van der Waals surface area contributed by atoms with Crippen molar-refractivity contribution >= 4 is 5.91 Å². The van der Waals surface area contributed by atoms with E-state index in [1.807, 2.05) is 6.92 Å². The normalized spacial score (nSPS) is 22.8. The Labute approximate surface area is 161 Å². The second-order valence-corrected chi connectivity index (χ2v) is 7.58. The minimum Gasteiger partial charge on any atom is -0.383 e. The molecule has 2 aliphatic rings. The summed E-state index contributed by atoms with van der Waals surface area (Å²) in [5.41, 5.74) is 0. The van der Waals surface area contributed by atoms with Gasteiger partial charge in [-0.3, -0.25) is 14.6 Å². The van der Waals surface area contributed by atoms with Crippen molar-refractivity contribution in [3.63, 3.8) is 0 Å². The van der Waals surface area contributed by atoms with Crippen molar-refractivity contribution in [2.45, 2.75) is 51.6 Å². The van der Waals surface area contributed by atoms with Crippen LogP contribution < -0.4 is 5.32 Å². The molecule has 0 radical (unpaired) electrons. The molecule has 3 heterocycles. The van der Waals surface area contributed by atoms with E-state index in [-0.39, 0.29) is 11.8 Å². The quantitative estimate of drug-likeness (QED) is 0.677. The fourth-order valence-corrected chi connectivity index (χ4v) is 4.11. The number of carbonyl (C=O) groups excluding carboxylic acids is 1. The highest BCUT2D eigenvalue weighted by atomic mass is 16.5. The predicted molar refractivity (Wildman–Crippen MR) is 101 cm³/mol. The Morgan fingerprint density at radius 2 is 2.11 bits per heavy atom. The topological polar surface area (TPSA) is 83.7 Å². The molecule has 0 unspecified atom stereocenters. The van der Waals surface area contributed by atoms with Crippen LogP contribution in [0.15, 0.2) is 4.52 Å². The third-order valence-electron chi connectivity index (χ3n) is 5.68. The molecule has 2 fully saturated rings. The summed E-state index contributed by atoms with van der Waals surface area (Å²) >= 11 is 0. The Morgan fingerprint density at radius 3 is 2.81 bits per heavy atom. The number of nitrogens with zero attached hydrogens (tertiary/aromatic N) is 4. The number of carbonyl (C=O) groups is 1. The molecule has 0 saturated carbocycles. The van der Waals surface area contributed by atoms with E-state index in [0.717, 1.165) is 70.7 Å². The molecular weight excluding hydrogens is 346 g/mol. The zero-order valence-corrected chi connectivity index (χ0v) is 16.7. The molecule has 0 aliphatic carbocycles. The highest BCUT2D eigenvalue weighted by molar-refractivity contribution is 5.78. The molecule has 8 nitrogen and oxygen atoms in total. The summed E-state index contributed by atoms with van der Waals surface area (Å²) in [6, 6.07) is 0.576. The van der Waals surface area contributed by atoms with Crippen molar-refractivity contribution < 1.29 is 14.1 Å². The first-order chi connectivity index (χ1) is 13.2.